The van der Waals surface area contributed by atoms with E-state index >= 15 is 0 Å². The Kier molecular flexibility index (Phi) is 5.80. The van der Waals surface area contributed by atoms with Crippen molar-refractivity contribution in [2.45, 2.75) is 45.3 Å². The van der Waals surface area contributed by atoms with E-state index in [1.54, 1.807) is 6.92 Å². The zero-order valence-corrected chi connectivity index (χ0v) is 9.66. The molecule has 15 heavy (non-hydrogen) atoms. The predicted molar refractivity (Wildman–Crippen MR) is 56.3 cm³/mol. The first-order valence-electron chi connectivity index (χ1n) is 4.97. The molecule has 0 rings (SSSR count). The van der Waals surface area contributed by atoms with Crippen LogP contribution in [0.4, 0.5) is 4.79 Å². The molecule has 86 valence electrons. The lowest BCUT2D eigenvalue weighted by molar-refractivity contribution is 0.0592. The van der Waals surface area contributed by atoms with Crippen molar-refractivity contribution in [1.29, 1.82) is 0 Å². The first kappa shape index (κ1) is 13.8. The largest absolute Gasteiger partial charge is 0.509 e. The zero-order chi connectivity index (χ0) is 11.9. The van der Waals surface area contributed by atoms with Crippen LogP contribution >= 0.6 is 0 Å². The SMILES string of the molecule is CCC(O)(C#C[C@H](C)OC(=O)OC)CC. The van der Waals surface area contributed by atoms with Gasteiger partial charge in [0.25, 0.3) is 0 Å². The maximum atomic E-state index is 10.7. The number of carbonyl (C=O) groups is 1. The highest BCUT2D eigenvalue weighted by Crippen LogP contribution is 2.12. The van der Waals surface area contributed by atoms with Gasteiger partial charge in [0.1, 0.15) is 5.60 Å². The van der Waals surface area contributed by atoms with Crippen molar-refractivity contribution in [3.63, 3.8) is 0 Å². The van der Waals surface area contributed by atoms with Gasteiger partial charge >= 0.3 is 6.16 Å². The molecule has 0 aromatic heterocycles. The third kappa shape index (κ3) is 5.28. The van der Waals surface area contributed by atoms with E-state index in [2.05, 4.69) is 16.6 Å². The van der Waals surface area contributed by atoms with Crippen molar-refractivity contribution in [2.24, 2.45) is 0 Å². The number of hydrogen-bond acceptors (Lipinski definition) is 4. The second-order valence-corrected chi connectivity index (χ2v) is 3.22. The summed E-state index contributed by atoms with van der Waals surface area (Å²) in [6.07, 6.45) is -0.265. The summed E-state index contributed by atoms with van der Waals surface area (Å²) in [6, 6.07) is 0. The van der Waals surface area contributed by atoms with Gasteiger partial charge in [0.15, 0.2) is 6.10 Å². The minimum Gasteiger partial charge on any atom is -0.438 e. The van der Waals surface area contributed by atoms with E-state index in [1.165, 1.54) is 7.11 Å². The van der Waals surface area contributed by atoms with Gasteiger partial charge in [-0.2, -0.15) is 0 Å². The van der Waals surface area contributed by atoms with E-state index in [0.717, 1.165) is 0 Å². The normalized spacial score (nSPS) is 12.3. The number of ether oxygens (including phenoxy) is 2. The summed E-state index contributed by atoms with van der Waals surface area (Å²) >= 11 is 0. The van der Waals surface area contributed by atoms with Crippen molar-refractivity contribution in [1.82, 2.24) is 0 Å². The quantitative estimate of drug-likeness (QED) is 0.574. The zero-order valence-electron chi connectivity index (χ0n) is 9.66. The van der Waals surface area contributed by atoms with Crippen molar-refractivity contribution in [3.8, 4) is 11.8 Å². The van der Waals surface area contributed by atoms with Crippen LogP contribution in [-0.4, -0.2) is 30.1 Å². The number of hydrogen-bond donors (Lipinski definition) is 1. The number of rotatable bonds is 3. The third-order valence-corrected chi connectivity index (χ3v) is 2.12. The van der Waals surface area contributed by atoms with E-state index in [4.69, 9.17) is 4.74 Å². The van der Waals surface area contributed by atoms with Crippen LogP contribution in [-0.2, 0) is 9.47 Å². The van der Waals surface area contributed by atoms with Gasteiger partial charge in [0, 0.05) is 0 Å². The van der Waals surface area contributed by atoms with Gasteiger partial charge in [-0.25, -0.2) is 4.79 Å². The molecule has 0 saturated heterocycles. The fourth-order valence-electron chi connectivity index (χ4n) is 0.885. The molecule has 4 heteroatoms. The van der Waals surface area contributed by atoms with Crippen LogP contribution in [0.15, 0.2) is 0 Å². The summed E-state index contributed by atoms with van der Waals surface area (Å²) in [5, 5.41) is 9.82. The summed E-state index contributed by atoms with van der Waals surface area (Å²) in [5.74, 6) is 5.36. The highest BCUT2D eigenvalue weighted by molar-refractivity contribution is 5.60. The standard InChI is InChI=1S/C11H18O4/c1-5-11(13,6-2)8-7-9(3)15-10(12)14-4/h9,13H,5-6H2,1-4H3/t9-/m0/s1. The van der Waals surface area contributed by atoms with Gasteiger partial charge in [-0.15, -0.1) is 0 Å². The second kappa shape index (κ2) is 6.31. The Morgan fingerprint density at radius 1 is 1.47 bits per heavy atom. The van der Waals surface area contributed by atoms with Crippen LogP contribution in [0.2, 0.25) is 0 Å². The lowest BCUT2D eigenvalue weighted by Gasteiger charge is -2.17. The molecule has 0 aliphatic heterocycles. The van der Waals surface area contributed by atoms with Gasteiger partial charge in [0.05, 0.1) is 7.11 Å². The Balaban J connectivity index is 4.32. The molecule has 0 fully saturated rings. The maximum Gasteiger partial charge on any atom is 0.509 e. The summed E-state index contributed by atoms with van der Waals surface area (Å²) in [6.45, 7) is 5.32. The summed E-state index contributed by atoms with van der Waals surface area (Å²) in [5.41, 5.74) is -0.992. The molecule has 0 aromatic carbocycles. The highest BCUT2D eigenvalue weighted by Gasteiger charge is 2.18. The fourth-order valence-corrected chi connectivity index (χ4v) is 0.885. The van der Waals surface area contributed by atoms with Crippen LogP contribution in [0.3, 0.4) is 0 Å². The smallest absolute Gasteiger partial charge is 0.438 e. The molecule has 0 bridgehead atoms. The Morgan fingerprint density at radius 2 is 2.00 bits per heavy atom. The molecule has 0 heterocycles. The van der Waals surface area contributed by atoms with Crippen molar-refractivity contribution >= 4 is 6.16 Å². The maximum absolute atomic E-state index is 10.7. The number of aliphatic hydroxyl groups is 1. The molecule has 0 aliphatic carbocycles. The lowest BCUT2D eigenvalue weighted by atomic mass is 9.98. The van der Waals surface area contributed by atoms with E-state index in [9.17, 15) is 9.90 Å². The molecule has 1 atom stereocenters. The van der Waals surface area contributed by atoms with Crippen LogP contribution in [0, 0.1) is 11.8 Å². The molecule has 0 amide bonds. The molecular weight excluding hydrogens is 196 g/mol. The first-order valence-corrected chi connectivity index (χ1v) is 4.97. The van der Waals surface area contributed by atoms with Crippen molar-refractivity contribution < 1.29 is 19.4 Å². The van der Waals surface area contributed by atoms with Crippen molar-refractivity contribution in [3.05, 3.63) is 0 Å². The van der Waals surface area contributed by atoms with Crippen LogP contribution in [0.5, 0.6) is 0 Å². The highest BCUT2D eigenvalue weighted by atomic mass is 16.7. The Morgan fingerprint density at radius 3 is 2.40 bits per heavy atom. The predicted octanol–water partition coefficient (Wildman–Crippen LogP) is 1.71. The number of methoxy groups -OCH3 is 1. The summed E-state index contributed by atoms with van der Waals surface area (Å²) in [7, 11) is 1.23. The molecule has 0 saturated carbocycles. The van der Waals surface area contributed by atoms with Gasteiger partial charge in [0.2, 0.25) is 0 Å². The fraction of sp³-hybridized carbons (Fsp3) is 0.727. The molecule has 0 aromatic rings. The van der Waals surface area contributed by atoms with Crippen LogP contribution < -0.4 is 0 Å². The van der Waals surface area contributed by atoms with E-state index in [0.29, 0.717) is 12.8 Å². The van der Waals surface area contributed by atoms with Gasteiger partial charge in [-0.3, -0.25) is 0 Å². The van der Waals surface area contributed by atoms with Gasteiger partial charge < -0.3 is 14.6 Å². The van der Waals surface area contributed by atoms with E-state index in [1.807, 2.05) is 13.8 Å². The molecule has 4 nitrogen and oxygen atoms in total. The third-order valence-electron chi connectivity index (χ3n) is 2.12. The van der Waals surface area contributed by atoms with Crippen LogP contribution in [0.25, 0.3) is 0 Å². The minimum absolute atomic E-state index is 0.543. The lowest BCUT2D eigenvalue weighted by Crippen LogP contribution is -2.24. The van der Waals surface area contributed by atoms with Crippen molar-refractivity contribution in [2.75, 3.05) is 7.11 Å². The van der Waals surface area contributed by atoms with E-state index in [-0.39, 0.29) is 0 Å². The average Bonchev–Trinajstić information content (AvgIpc) is 2.25. The second-order valence-electron chi connectivity index (χ2n) is 3.22. The minimum atomic E-state index is -0.992. The topological polar surface area (TPSA) is 55.8 Å². The summed E-state index contributed by atoms with van der Waals surface area (Å²) < 4.78 is 9.05. The number of carbonyl (C=O) groups excluding carboxylic acids is 1. The molecule has 0 aliphatic rings. The Labute approximate surface area is 90.6 Å². The Bertz CT molecular complexity index is 257. The van der Waals surface area contributed by atoms with Gasteiger partial charge in [-0.05, 0) is 19.8 Å². The van der Waals surface area contributed by atoms with E-state index < -0.39 is 17.9 Å². The monoisotopic (exact) mass is 214 g/mol. The molecular formula is C11H18O4. The Hall–Kier alpha value is -1.21. The molecule has 0 radical (unpaired) electrons. The summed E-state index contributed by atoms with van der Waals surface area (Å²) in [4.78, 5) is 10.7. The van der Waals surface area contributed by atoms with Crippen LogP contribution in [0.1, 0.15) is 33.6 Å². The first-order chi connectivity index (χ1) is 6.97. The molecule has 0 spiro atoms. The van der Waals surface area contributed by atoms with Gasteiger partial charge in [-0.1, -0.05) is 25.7 Å². The molecule has 1 N–H and O–H groups in total. The molecule has 0 unspecified atom stereocenters. The average molecular weight is 214 g/mol.